The van der Waals surface area contributed by atoms with Gasteiger partial charge >= 0.3 is 6.09 Å². The van der Waals surface area contributed by atoms with Crippen LogP contribution in [0.5, 0.6) is 0 Å². The summed E-state index contributed by atoms with van der Waals surface area (Å²) in [6.07, 6.45) is 4.88. The van der Waals surface area contributed by atoms with Gasteiger partial charge in [0.05, 0.1) is 0 Å². The predicted octanol–water partition coefficient (Wildman–Crippen LogP) is 2.30. The summed E-state index contributed by atoms with van der Waals surface area (Å²) in [5, 5.41) is 0. The first-order chi connectivity index (χ1) is 9.89. The number of hydrogen-bond acceptors (Lipinski definition) is 4. The lowest BCUT2D eigenvalue weighted by atomic mass is 9.94. The molecule has 0 unspecified atom stereocenters. The van der Waals surface area contributed by atoms with E-state index in [1.165, 1.54) is 0 Å². The maximum absolute atomic E-state index is 12.0. The van der Waals surface area contributed by atoms with E-state index in [9.17, 15) is 9.59 Å². The van der Waals surface area contributed by atoms with E-state index in [4.69, 9.17) is 4.74 Å². The molecule has 2 heterocycles. The summed E-state index contributed by atoms with van der Waals surface area (Å²) in [5.74, 6) is 0.253. The van der Waals surface area contributed by atoms with Crippen LogP contribution in [-0.2, 0) is 9.53 Å². The molecule has 0 aliphatic carbocycles. The molecule has 2 fully saturated rings. The lowest BCUT2D eigenvalue weighted by Crippen LogP contribution is -2.49. The number of ether oxygens (including phenoxy) is 1. The van der Waals surface area contributed by atoms with Crippen LogP contribution in [0, 0.1) is 5.92 Å². The molecule has 2 rings (SSSR count). The lowest BCUT2D eigenvalue weighted by Gasteiger charge is -2.41. The average molecular weight is 296 g/mol. The molecule has 0 N–H and O–H groups in total. The van der Waals surface area contributed by atoms with Gasteiger partial charge in [0.15, 0.2) is 0 Å². The summed E-state index contributed by atoms with van der Waals surface area (Å²) in [6.45, 7) is 9.26. The average Bonchev–Trinajstić information content (AvgIpc) is 2.46. The Morgan fingerprint density at radius 3 is 2.10 bits per heavy atom. The van der Waals surface area contributed by atoms with Crippen LogP contribution in [0.3, 0.4) is 0 Å². The van der Waals surface area contributed by atoms with E-state index in [0.29, 0.717) is 6.04 Å². The Bertz CT molecular complexity index is 362. The van der Waals surface area contributed by atoms with E-state index in [1.54, 1.807) is 0 Å². The minimum absolute atomic E-state index is 0.194. The first-order valence-corrected chi connectivity index (χ1v) is 8.06. The number of amides is 1. The quantitative estimate of drug-likeness (QED) is 0.734. The summed E-state index contributed by atoms with van der Waals surface area (Å²) in [4.78, 5) is 27.1. The molecule has 0 saturated carbocycles. The summed E-state index contributed by atoms with van der Waals surface area (Å²) in [5.41, 5.74) is -0.426. The Morgan fingerprint density at radius 2 is 1.62 bits per heavy atom. The van der Waals surface area contributed by atoms with Gasteiger partial charge in [-0.3, -0.25) is 0 Å². The van der Waals surface area contributed by atoms with Gasteiger partial charge in [-0.15, -0.1) is 0 Å². The van der Waals surface area contributed by atoms with Crippen LogP contribution in [0.1, 0.15) is 46.5 Å². The molecule has 120 valence electrons. The molecule has 0 aromatic carbocycles. The molecule has 2 saturated heterocycles. The van der Waals surface area contributed by atoms with E-state index in [-0.39, 0.29) is 12.0 Å². The largest absolute Gasteiger partial charge is 0.444 e. The van der Waals surface area contributed by atoms with Crippen molar-refractivity contribution in [1.29, 1.82) is 0 Å². The van der Waals surface area contributed by atoms with Crippen molar-refractivity contribution in [2.24, 2.45) is 5.92 Å². The van der Waals surface area contributed by atoms with Gasteiger partial charge in [0.25, 0.3) is 0 Å². The molecule has 0 atom stereocenters. The van der Waals surface area contributed by atoms with Crippen LogP contribution in [0.2, 0.25) is 0 Å². The van der Waals surface area contributed by atoms with Gasteiger partial charge < -0.3 is 19.3 Å². The highest BCUT2D eigenvalue weighted by Crippen LogP contribution is 2.23. The Labute approximate surface area is 127 Å². The highest BCUT2D eigenvalue weighted by Gasteiger charge is 2.31. The van der Waals surface area contributed by atoms with Gasteiger partial charge in [-0.05, 0) is 59.5 Å². The van der Waals surface area contributed by atoms with Crippen molar-refractivity contribution < 1.29 is 14.3 Å². The van der Waals surface area contributed by atoms with Crippen LogP contribution >= 0.6 is 0 Å². The van der Waals surface area contributed by atoms with E-state index in [1.807, 2.05) is 25.7 Å². The fourth-order valence-corrected chi connectivity index (χ4v) is 3.16. The highest BCUT2D eigenvalue weighted by atomic mass is 16.6. The number of piperidine rings is 2. The van der Waals surface area contributed by atoms with Crippen molar-refractivity contribution >= 4 is 12.4 Å². The van der Waals surface area contributed by atoms with E-state index in [2.05, 4.69) is 4.90 Å². The Hall–Kier alpha value is -1.10. The monoisotopic (exact) mass is 296 g/mol. The maximum Gasteiger partial charge on any atom is 0.410 e. The lowest BCUT2D eigenvalue weighted by molar-refractivity contribution is -0.112. The number of hydrogen-bond donors (Lipinski definition) is 0. The first-order valence-electron chi connectivity index (χ1n) is 8.06. The Kier molecular flexibility index (Phi) is 5.25. The van der Waals surface area contributed by atoms with Gasteiger partial charge in [-0.25, -0.2) is 4.79 Å². The molecular formula is C16H28N2O3. The molecular weight excluding hydrogens is 268 g/mol. The maximum atomic E-state index is 12.0. The second-order valence-electron chi connectivity index (χ2n) is 7.21. The third kappa shape index (κ3) is 4.70. The number of carbonyl (C=O) groups is 2. The third-order valence-electron chi connectivity index (χ3n) is 4.40. The molecule has 5 nitrogen and oxygen atoms in total. The van der Waals surface area contributed by atoms with Crippen LogP contribution in [0.15, 0.2) is 0 Å². The summed E-state index contributed by atoms with van der Waals surface area (Å²) in [7, 11) is 0. The second kappa shape index (κ2) is 6.77. The number of likely N-dealkylation sites (tertiary alicyclic amines) is 2. The van der Waals surface area contributed by atoms with Crippen molar-refractivity contribution in [2.45, 2.75) is 58.1 Å². The van der Waals surface area contributed by atoms with Gasteiger partial charge in [-0.2, -0.15) is 0 Å². The van der Waals surface area contributed by atoms with Gasteiger partial charge in [0, 0.05) is 25.0 Å². The van der Waals surface area contributed by atoms with E-state index < -0.39 is 5.60 Å². The van der Waals surface area contributed by atoms with Crippen LogP contribution in [0.25, 0.3) is 0 Å². The van der Waals surface area contributed by atoms with E-state index >= 15 is 0 Å². The number of rotatable bonds is 2. The van der Waals surface area contributed by atoms with Gasteiger partial charge in [0.2, 0.25) is 0 Å². The predicted molar refractivity (Wildman–Crippen MR) is 81.2 cm³/mol. The Balaban J connectivity index is 1.76. The van der Waals surface area contributed by atoms with Crippen molar-refractivity contribution in [2.75, 3.05) is 26.2 Å². The normalized spacial score (nSPS) is 23.1. The molecule has 0 spiro atoms. The molecule has 2 aliphatic heterocycles. The first kappa shape index (κ1) is 16.3. The van der Waals surface area contributed by atoms with Crippen molar-refractivity contribution in [3.63, 3.8) is 0 Å². The molecule has 0 bridgehead atoms. The van der Waals surface area contributed by atoms with Gasteiger partial charge in [-0.1, -0.05) is 0 Å². The zero-order chi connectivity index (χ0) is 15.5. The van der Waals surface area contributed by atoms with Gasteiger partial charge in [0.1, 0.15) is 11.9 Å². The zero-order valence-electron chi connectivity index (χ0n) is 13.5. The molecule has 5 heteroatoms. The summed E-state index contributed by atoms with van der Waals surface area (Å²) >= 11 is 0. The number of carbonyl (C=O) groups excluding carboxylic acids is 2. The molecule has 0 radical (unpaired) electrons. The van der Waals surface area contributed by atoms with E-state index in [0.717, 1.165) is 58.1 Å². The minimum atomic E-state index is -0.426. The molecule has 0 aromatic heterocycles. The molecule has 2 aliphatic rings. The van der Waals surface area contributed by atoms with Crippen molar-refractivity contribution in [3.05, 3.63) is 0 Å². The highest BCUT2D eigenvalue weighted by molar-refractivity contribution is 5.68. The Morgan fingerprint density at radius 1 is 1.05 bits per heavy atom. The number of nitrogens with zero attached hydrogens (tertiary/aromatic N) is 2. The molecule has 1 amide bonds. The van der Waals surface area contributed by atoms with Crippen molar-refractivity contribution in [3.8, 4) is 0 Å². The fraction of sp³-hybridized carbons (Fsp3) is 0.875. The summed E-state index contributed by atoms with van der Waals surface area (Å²) < 4.78 is 5.42. The van der Waals surface area contributed by atoms with Crippen molar-refractivity contribution in [1.82, 2.24) is 9.80 Å². The topological polar surface area (TPSA) is 49.9 Å². The second-order valence-corrected chi connectivity index (χ2v) is 7.21. The molecule has 21 heavy (non-hydrogen) atoms. The number of aldehydes is 1. The SMILES string of the molecule is CC(C)(C)OC(=O)N1CCC(N2CCC(C=O)CC2)CC1. The third-order valence-corrected chi connectivity index (χ3v) is 4.40. The fourth-order valence-electron chi connectivity index (χ4n) is 3.16. The molecule has 0 aromatic rings. The zero-order valence-corrected chi connectivity index (χ0v) is 13.5. The standard InChI is InChI=1S/C16H28N2O3/c1-16(2,3)21-15(20)18-10-6-14(7-11-18)17-8-4-13(12-19)5-9-17/h12-14H,4-11H2,1-3H3. The minimum Gasteiger partial charge on any atom is -0.444 e. The van der Waals surface area contributed by atoms with Crippen LogP contribution in [0.4, 0.5) is 4.79 Å². The smallest absolute Gasteiger partial charge is 0.410 e. The summed E-state index contributed by atoms with van der Waals surface area (Å²) in [6, 6.07) is 0.552. The van der Waals surface area contributed by atoms with Crippen LogP contribution in [-0.4, -0.2) is 60.0 Å². The van der Waals surface area contributed by atoms with Crippen LogP contribution < -0.4 is 0 Å².